The van der Waals surface area contributed by atoms with Gasteiger partial charge in [-0.1, -0.05) is 17.7 Å². The molecular weight excluding hydrogens is 244 g/mol. The van der Waals surface area contributed by atoms with E-state index in [-0.39, 0.29) is 22.8 Å². The molecule has 0 fully saturated rings. The molecule has 0 heterocycles. The van der Waals surface area contributed by atoms with Gasteiger partial charge in [0.2, 0.25) is 0 Å². The molecule has 102 valence electrons. The molecule has 0 bridgehead atoms. The van der Waals surface area contributed by atoms with E-state index in [0.29, 0.717) is 12.0 Å². The first-order valence-corrected chi connectivity index (χ1v) is 6.00. The van der Waals surface area contributed by atoms with Crippen molar-refractivity contribution in [1.29, 1.82) is 0 Å². The van der Waals surface area contributed by atoms with Gasteiger partial charge >= 0.3 is 5.97 Å². The maximum absolute atomic E-state index is 11.6. The van der Waals surface area contributed by atoms with E-state index in [1.54, 1.807) is 6.07 Å². The molecule has 0 atom stereocenters. The van der Waals surface area contributed by atoms with Crippen LogP contribution >= 0.6 is 0 Å². The molecule has 1 aromatic carbocycles. The number of esters is 1. The van der Waals surface area contributed by atoms with Crippen LogP contribution in [0.15, 0.2) is 23.8 Å². The van der Waals surface area contributed by atoms with E-state index in [9.17, 15) is 14.7 Å². The average Bonchev–Trinajstić information content (AvgIpc) is 2.26. The fourth-order valence-corrected chi connectivity index (χ4v) is 1.67. The molecule has 0 aliphatic heterocycles. The predicted molar refractivity (Wildman–Crippen MR) is 72.6 cm³/mol. The summed E-state index contributed by atoms with van der Waals surface area (Å²) in [5.41, 5.74) is 1.80. The third-order valence-electron chi connectivity index (χ3n) is 2.56. The van der Waals surface area contributed by atoms with Gasteiger partial charge in [0.05, 0.1) is 0 Å². The third kappa shape index (κ3) is 3.95. The van der Waals surface area contributed by atoms with Crippen LogP contribution in [-0.4, -0.2) is 16.9 Å². The smallest absolute Gasteiger partial charge is 0.308 e. The van der Waals surface area contributed by atoms with Crippen molar-refractivity contribution in [2.45, 2.75) is 34.1 Å². The number of benzene rings is 1. The lowest BCUT2D eigenvalue weighted by Gasteiger charge is -2.11. The minimum absolute atomic E-state index is 0.0508. The summed E-state index contributed by atoms with van der Waals surface area (Å²) in [6.07, 6.45) is 2.47. The van der Waals surface area contributed by atoms with Crippen molar-refractivity contribution in [2.24, 2.45) is 0 Å². The Labute approximate surface area is 112 Å². The van der Waals surface area contributed by atoms with E-state index in [2.05, 4.69) is 0 Å². The van der Waals surface area contributed by atoms with E-state index < -0.39 is 5.97 Å². The summed E-state index contributed by atoms with van der Waals surface area (Å²) in [6.45, 7) is 6.48. The molecule has 19 heavy (non-hydrogen) atoms. The van der Waals surface area contributed by atoms with Crippen LogP contribution in [0.5, 0.6) is 11.5 Å². The van der Waals surface area contributed by atoms with E-state index in [1.165, 1.54) is 19.9 Å². The Hall–Kier alpha value is -2.10. The molecular formula is C15H18O4. The number of Topliss-reactive ketones (excluding diaryl/α,β-unsaturated/α-hetero) is 1. The molecule has 0 amide bonds. The first kappa shape index (κ1) is 15.0. The van der Waals surface area contributed by atoms with Crippen molar-refractivity contribution in [2.75, 3.05) is 0 Å². The number of carbonyl (C=O) groups excluding carboxylic acids is 2. The van der Waals surface area contributed by atoms with Crippen molar-refractivity contribution >= 4 is 11.8 Å². The SMILES string of the molecule is CC(=O)Oc1ccc(CC=C(C)C)c(O)c1C(C)=O. The maximum atomic E-state index is 11.6. The molecule has 0 radical (unpaired) electrons. The van der Waals surface area contributed by atoms with Gasteiger partial charge in [0.15, 0.2) is 5.78 Å². The van der Waals surface area contributed by atoms with Gasteiger partial charge in [-0.3, -0.25) is 9.59 Å². The molecule has 1 N–H and O–H groups in total. The van der Waals surface area contributed by atoms with Gasteiger partial charge in [-0.05, 0) is 38.8 Å². The fourth-order valence-electron chi connectivity index (χ4n) is 1.67. The number of phenolic OH excluding ortho intramolecular Hbond substituents is 1. The second-order valence-corrected chi connectivity index (χ2v) is 4.58. The van der Waals surface area contributed by atoms with Crippen molar-refractivity contribution in [1.82, 2.24) is 0 Å². The minimum Gasteiger partial charge on any atom is -0.507 e. The molecule has 0 saturated heterocycles. The van der Waals surface area contributed by atoms with Crippen LogP contribution in [0.4, 0.5) is 0 Å². The number of carbonyl (C=O) groups is 2. The maximum Gasteiger partial charge on any atom is 0.308 e. The van der Waals surface area contributed by atoms with E-state index >= 15 is 0 Å². The Balaban J connectivity index is 3.26. The lowest BCUT2D eigenvalue weighted by atomic mass is 10.0. The summed E-state index contributed by atoms with van der Waals surface area (Å²) in [5.74, 6) is -0.894. The minimum atomic E-state index is -0.529. The van der Waals surface area contributed by atoms with Gasteiger partial charge in [0, 0.05) is 6.92 Å². The normalized spacial score (nSPS) is 9.89. The predicted octanol–water partition coefficient (Wildman–Crippen LogP) is 3.03. The van der Waals surface area contributed by atoms with Gasteiger partial charge in [-0.25, -0.2) is 0 Å². The highest BCUT2D eigenvalue weighted by Crippen LogP contribution is 2.32. The first-order valence-electron chi connectivity index (χ1n) is 6.00. The summed E-state index contributed by atoms with van der Waals surface area (Å²) in [4.78, 5) is 22.6. The Bertz CT molecular complexity index is 537. The van der Waals surface area contributed by atoms with Crippen molar-refractivity contribution in [3.63, 3.8) is 0 Å². The van der Waals surface area contributed by atoms with Crippen LogP contribution in [-0.2, 0) is 11.2 Å². The molecule has 4 heteroatoms. The second kappa shape index (κ2) is 6.18. The second-order valence-electron chi connectivity index (χ2n) is 4.58. The van der Waals surface area contributed by atoms with E-state index in [0.717, 1.165) is 5.57 Å². The Morgan fingerprint density at radius 2 is 1.84 bits per heavy atom. The summed E-state index contributed by atoms with van der Waals surface area (Å²) in [5, 5.41) is 10.1. The topological polar surface area (TPSA) is 63.6 Å². The summed E-state index contributed by atoms with van der Waals surface area (Å²) in [7, 11) is 0. The number of rotatable bonds is 4. The van der Waals surface area contributed by atoms with E-state index in [4.69, 9.17) is 4.74 Å². The van der Waals surface area contributed by atoms with E-state index in [1.807, 2.05) is 19.9 Å². The van der Waals surface area contributed by atoms with Gasteiger partial charge in [-0.15, -0.1) is 0 Å². The molecule has 0 aliphatic carbocycles. The van der Waals surface area contributed by atoms with Crippen LogP contribution in [0.3, 0.4) is 0 Å². The van der Waals surface area contributed by atoms with Gasteiger partial charge in [-0.2, -0.15) is 0 Å². The third-order valence-corrected chi connectivity index (χ3v) is 2.56. The largest absolute Gasteiger partial charge is 0.507 e. The fraction of sp³-hybridized carbons (Fsp3) is 0.333. The zero-order valence-corrected chi connectivity index (χ0v) is 11.6. The summed E-state index contributed by atoms with van der Waals surface area (Å²) < 4.78 is 4.93. The van der Waals surface area contributed by atoms with Gasteiger partial charge in [0.1, 0.15) is 17.1 Å². The molecule has 4 nitrogen and oxygen atoms in total. The van der Waals surface area contributed by atoms with Crippen LogP contribution in [0.25, 0.3) is 0 Å². The van der Waals surface area contributed by atoms with Crippen LogP contribution in [0, 0.1) is 0 Å². The Kier molecular flexibility index (Phi) is 4.87. The first-order chi connectivity index (χ1) is 8.82. The van der Waals surface area contributed by atoms with Crippen molar-refractivity contribution < 1.29 is 19.4 Å². The number of allylic oxidation sites excluding steroid dienone is 2. The monoisotopic (exact) mass is 262 g/mol. The quantitative estimate of drug-likeness (QED) is 0.392. The highest BCUT2D eigenvalue weighted by atomic mass is 16.5. The van der Waals surface area contributed by atoms with Crippen LogP contribution < -0.4 is 4.74 Å². The molecule has 0 spiro atoms. The molecule has 0 aromatic heterocycles. The lowest BCUT2D eigenvalue weighted by Crippen LogP contribution is -2.07. The number of ketones is 1. The molecule has 1 rings (SSSR count). The Morgan fingerprint density at radius 3 is 2.32 bits per heavy atom. The summed E-state index contributed by atoms with van der Waals surface area (Å²) >= 11 is 0. The highest BCUT2D eigenvalue weighted by Gasteiger charge is 2.18. The molecule has 0 aliphatic rings. The van der Waals surface area contributed by atoms with Crippen LogP contribution in [0.2, 0.25) is 0 Å². The summed E-state index contributed by atoms with van der Waals surface area (Å²) in [6, 6.07) is 3.19. The van der Waals surface area contributed by atoms with Gasteiger partial charge in [0.25, 0.3) is 0 Å². The number of aromatic hydroxyl groups is 1. The van der Waals surface area contributed by atoms with Crippen molar-refractivity contribution in [3.8, 4) is 11.5 Å². The van der Waals surface area contributed by atoms with Gasteiger partial charge < -0.3 is 9.84 Å². The molecule has 0 unspecified atom stereocenters. The zero-order chi connectivity index (χ0) is 14.6. The number of ether oxygens (including phenoxy) is 1. The van der Waals surface area contributed by atoms with Crippen molar-refractivity contribution in [3.05, 3.63) is 34.9 Å². The standard InChI is InChI=1S/C15H18O4/c1-9(2)5-6-12-7-8-13(19-11(4)17)14(10(3)16)15(12)18/h5,7-8,18H,6H2,1-4H3. The number of phenols is 1. The lowest BCUT2D eigenvalue weighted by molar-refractivity contribution is -0.131. The molecule has 0 saturated carbocycles. The zero-order valence-electron chi connectivity index (χ0n) is 11.6. The molecule has 1 aromatic rings. The number of hydrogen-bond donors (Lipinski definition) is 1. The Morgan fingerprint density at radius 1 is 1.21 bits per heavy atom. The number of hydrogen-bond acceptors (Lipinski definition) is 4. The highest BCUT2D eigenvalue weighted by molar-refractivity contribution is 6.00. The van der Waals surface area contributed by atoms with Crippen LogP contribution in [0.1, 0.15) is 43.6 Å². The average molecular weight is 262 g/mol.